The Morgan fingerprint density at radius 2 is 2.03 bits per heavy atom. The van der Waals surface area contributed by atoms with Crippen LogP contribution in [0.4, 0.5) is 20.6 Å². The van der Waals surface area contributed by atoms with Gasteiger partial charge in [0.2, 0.25) is 0 Å². The maximum atomic E-state index is 12.4. The average Bonchev–Trinajstić information content (AvgIpc) is 3.02. The molecule has 6 nitrogen and oxygen atoms in total. The van der Waals surface area contributed by atoms with Gasteiger partial charge in [0, 0.05) is 35.8 Å². The van der Waals surface area contributed by atoms with E-state index in [1.165, 1.54) is 0 Å². The maximum Gasteiger partial charge on any atom is 0.319 e. The van der Waals surface area contributed by atoms with Gasteiger partial charge in [-0.2, -0.15) is 0 Å². The number of carbonyl (C=O) groups is 1. The molecule has 0 aliphatic carbocycles. The number of nitrogen functional groups attached to an aromatic ring is 1. The fraction of sp³-hybridized carbons (Fsp3) is 0.227. The lowest BCUT2D eigenvalue weighted by Gasteiger charge is -2.11. The zero-order valence-corrected chi connectivity index (χ0v) is 16.4. The van der Waals surface area contributed by atoms with Crippen LogP contribution >= 0.6 is 0 Å². The van der Waals surface area contributed by atoms with Crippen molar-refractivity contribution >= 4 is 28.3 Å². The number of fused-ring (bicyclic) bond motifs is 1. The fourth-order valence-corrected chi connectivity index (χ4v) is 3.29. The van der Waals surface area contributed by atoms with Crippen molar-refractivity contribution in [3.63, 3.8) is 0 Å². The van der Waals surface area contributed by atoms with Crippen LogP contribution in [-0.2, 0) is 6.54 Å². The van der Waals surface area contributed by atoms with Gasteiger partial charge >= 0.3 is 6.03 Å². The van der Waals surface area contributed by atoms with E-state index >= 15 is 0 Å². The number of amides is 2. The number of benzene rings is 2. The van der Waals surface area contributed by atoms with Gasteiger partial charge in [0.05, 0.1) is 16.9 Å². The van der Waals surface area contributed by atoms with Crippen LogP contribution in [0.3, 0.4) is 0 Å². The number of aromatic nitrogens is 1. The van der Waals surface area contributed by atoms with Gasteiger partial charge in [-0.15, -0.1) is 6.58 Å². The van der Waals surface area contributed by atoms with Crippen molar-refractivity contribution in [1.29, 1.82) is 0 Å². The number of nitrogens with one attached hydrogen (secondary N) is 2. The number of urea groups is 1. The van der Waals surface area contributed by atoms with E-state index in [4.69, 9.17) is 10.5 Å². The molecule has 0 aliphatic heterocycles. The minimum Gasteiger partial charge on any atom is -0.491 e. The monoisotopic (exact) mass is 396 g/mol. The first-order chi connectivity index (χ1) is 14.1. The summed E-state index contributed by atoms with van der Waals surface area (Å²) in [5, 5.41) is 6.35. The molecule has 1 heterocycles. The van der Waals surface area contributed by atoms with E-state index in [0.717, 1.165) is 22.2 Å². The summed E-state index contributed by atoms with van der Waals surface area (Å²) in [5.41, 5.74) is 10.6. The third kappa shape index (κ3) is 4.34. The summed E-state index contributed by atoms with van der Waals surface area (Å²) in [6.07, 6.45) is 1.61. The lowest BCUT2D eigenvalue weighted by molar-refractivity contribution is 0.253. The van der Waals surface area contributed by atoms with Crippen molar-refractivity contribution < 1.29 is 13.9 Å². The number of hydrogen-bond acceptors (Lipinski definition) is 3. The molecule has 0 saturated heterocycles. The van der Waals surface area contributed by atoms with Gasteiger partial charge < -0.3 is 25.7 Å². The Labute approximate surface area is 169 Å². The summed E-state index contributed by atoms with van der Waals surface area (Å²) in [6, 6.07) is 12.8. The Balaban J connectivity index is 1.93. The second kappa shape index (κ2) is 9.14. The molecule has 7 heteroatoms. The maximum absolute atomic E-state index is 12.4. The van der Waals surface area contributed by atoms with E-state index in [2.05, 4.69) is 21.8 Å². The molecule has 3 aromatic rings. The summed E-state index contributed by atoms with van der Waals surface area (Å²) >= 11 is 0. The summed E-state index contributed by atoms with van der Waals surface area (Å²) in [5.74, 6) is 0.610. The zero-order chi connectivity index (χ0) is 20.8. The predicted octanol–water partition coefficient (Wildman–Crippen LogP) is 4.57. The highest BCUT2D eigenvalue weighted by Crippen LogP contribution is 2.38. The first-order valence-electron chi connectivity index (χ1n) is 9.45. The Morgan fingerprint density at radius 3 is 2.69 bits per heavy atom. The molecule has 0 aliphatic rings. The van der Waals surface area contributed by atoms with E-state index in [1.54, 1.807) is 12.1 Å². The van der Waals surface area contributed by atoms with Gasteiger partial charge in [0.1, 0.15) is 19.0 Å². The van der Waals surface area contributed by atoms with Crippen molar-refractivity contribution in [2.75, 3.05) is 30.9 Å². The molecular formula is C22H25FN4O2. The second-order valence-electron chi connectivity index (χ2n) is 6.42. The lowest BCUT2D eigenvalue weighted by atomic mass is 10.1. The molecule has 0 saturated carbocycles. The van der Waals surface area contributed by atoms with Crippen LogP contribution in [0.15, 0.2) is 55.1 Å². The fourth-order valence-electron chi connectivity index (χ4n) is 3.29. The quantitative estimate of drug-likeness (QED) is 0.488. The molecule has 0 atom stereocenters. The third-order valence-electron chi connectivity index (χ3n) is 4.56. The molecule has 0 bridgehead atoms. The molecule has 3 rings (SSSR count). The van der Waals surface area contributed by atoms with E-state index in [0.29, 0.717) is 30.2 Å². The molecule has 29 heavy (non-hydrogen) atoms. The minimum absolute atomic E-state index is 0.0233. The van der Waals surface area contributed by atoms with Crippen LogP contribution in [0, 0.1) is 0 Å². The number of hydrogen-bond donors (Lipinski definition) is 3. The van der Waals surface area contributed by atoms with Crippen molar-refractivity contribution in [1.82, 2.24) is 9.88 Å². The smallest absolute Gasteiger partial charge is 0.319 e. The van der Waals surface area contributed by atoms with Gasteiger partial charge in [-0.05, 0) is 31.2 Å². The van der Waals surface area contributed by atoms with E-state index in [1.807, 2.05) is 43.3 Å². The molecule has 0 unspecified atom stereocenters. The van der Waals surface area contributed by atoms with Gasteiger partial charge in [0.15, 0.2) is 0 Å². The third-order valence-corrected chi connectivity index (χ3v) is 4.56. The molecule has 2 aromatic carbocycles. The Morgan fingerprint density at radius 1 is 1.28 bits per heavy atom. The number of rotatable bonds is 8. The SMILES string of the molecule is C=CCNC(=O)Nc1ccc(-c2c(N)c3ccc(OCCF)cc3n2CC)cc1. The summed E-state index contributed by atoms with van der Waals surface area (Å²) in [6.45, 7) is 6.20. The largest absolute Gasteiger partial charge is 0.491 e. The second-order valence-corrected chi connectivity index (χ2v) is 6.42. The van der Waals surface area contributed by atoms with Gasteiger partial charge in [-0.3, -0.25) is 0 Å². The van der Waals surface area contributed by atoms with E-state index in [-0.39, 0.29) is 12.6 Å². The van der Waals surface area contributed by atoms with Crippen LogP contribution in [0.1, 0.15) is 6.92 Å². The molecular weight excluding hydrogens is 371 g/mol. The van der Waals surface area contributed by atoms with Gasteiger partial charge in [-0.1, -0.05) is 18.2 Å². The van der Waals surface area contributed by atoms with Crippen molar-refractivity contribution in [3.8, 4) is 17.0 Å². The van der Waals surface area contributed by atoms with Crippen LogP contribution in [0.25, 0.3) is 22.2 Å². The molecule has 4 N–H and O–H groups in total. The predicted molar refractivity (Wildman–Crippen MR) is 116 cm³/mol. The number of anilines is 2. The average molecular weight is 396 g/mol. The highest BCUT2D eigenvalue weighted by atomic mass is 19.1. The molecule has 1 aromatic heterocycles. The van der Waals surface area contributed by atoms with Crippen molar-refractivity contribution in [2.45, 2.75) is 13.5 Å². The Bertz CT molecular complexity index is 1010. The molecule has 2 amide bonds. The minimum atomic E-state index is -0.536. The van der Waals surface area contributed by atoms with Crippen LogP contribution in [-0.4, -0.2) is 30.4 Å². The number of nitrogens with two attached hydrogens (primary N) is 1. The Hall–Kier alpha value is -3.48. The summed E-state index contributed by atoms with van der Waals surface area (Å²) in [7, 11) is 0. The number of carbonyl (C=O) groups excluding carboxylic acids is 1. The van der Waals surface area contributed by atoms with Crippen LogP contribution in [0.2, 0.25) is 0 Å². The lowest BCUT2D eigenvalue weighted by Crippen LogP contribution is -2.28. The topological polar surface area (TPSA) is 81.3 Å². The van der Waals surface area contributed by atoms with Crippen LogP contribution in [0.5, 0.6) is 5.75 Å². The number of nitrogens with zero attached hydrogens (tertiary/aromatic N) is 1. The van der Waals surface area contributed by atoms with E-state index in [9.17, 15) is 9.18 Å². The molecule has 152 valence electrons. The summed E-state index contributed by atoms with van der Waals surface area (Å²) in [4.78, 5) is 11.8. The Kier molecular flexibility index (Phi) is 6.39. The first-order valence-corrected chi connectivity index (χ1v) is 9.45. The number of halogens is 1. The normalized spacial score (nSPS) is 10.7. The molecule has 0 radical (unpaired) electrons. The first kappa shape index (κ1) is 20.3. The number of ether oxygens (including phenoxy) is 1. The van der Waals surface area contributed by atoms with E-state index < -0.39 is 6.67 Å². The highest BCUT2D eigenvalue weighted by Gasteiger charge is 2.16. The standard InChI is InChI=1S/C22H25FN4O2/c1-3-12-25-22(28)26-16-7-5-15(6-8-16)21-20(24)18-10-9-17(29-13-11-23)14-19(18)27(21)4-2/h3,5-10,14H,1,4,11-13,24H2,2H3,(H2,25,26,28). The summed E-state index contributed by atoms with van der Waals surface area (Å²) < 4.78 is 19.9. The molecule has 0 fully saturated rings. The van der Waals surface area contributed by atoms with Crippen LogP contribution < -0.4 is 21.1 Å². The number of aryl methyl sites for hydroxylation is 1. The highest BCUT2D eigenvalue weighted by molar-refractivity contribution is 6.01. The van der Waals surface area contributed by atoms with Crippen molar-refractivity contribution in [2.24, 2.45) is 0 Å². The van der Waals surface area contributed by atoms with Gasteiger partial charge in [0.25, 0.3) is 0 Å². The molecule has 0 spiro atoms. The van der Waals surface area contributed by atoms with Crippen molar-refractivity contribution in [3.05, 3.63) is 55.1 Å². The van der Waals surface area contributed by atoms with Gasteiger partial charge in [-0.25, -0.2) is 9.18 Å². The number of alkyl halides is 1. The zero-order valence-electron chi connectivity index (χ0n) is 16.4.